The van der Waals surface area contributed by atoms with Gasteiger partial charge in [0, 0.05) is 12.8 Å². The first kappa shape index (κ1) is 10.2. The van der Waals surface area contributed by atoms with Crippen LogP contribution >= 0.6 is 0 Å². The lowest BCUT2D eigenvalue weighted by Gasteiger charge is -2.10. The third-order valence-electron chi connectivity index (χ3n) is 2.62. The highest BCUT2D eigenvalue weighted by Gasteiger charge is 2.28. The Morgan fingerprint density at radius 2 is 2.20 bits per heavy atom. The van der Waals surface area contributed by atoms with E-state index in [0.29, 0.717) is 12.3 Å². The molecule has 2 rings (SSSR count). The van der Waals surface area contributed by atoms with E-state index in [-0.39, 0.29) is 11.9 Å². The van der Waals surface area contributed by atoms with Gasteiger partial charge in [-0.25, -0.2) is 0 Å². The Morgan fingerprint density at radius 1 is 1.47 bits per heavy atom. The SMILES string of the molecule is CC(C)CC(=O)C1Cc2ccccc2O1. The van der Waals surface area contributed by atoms with Crippen LogP contribution in [0.15, 0.2) is 24.3 Å². The minimum absolute atomic E-state index is 0.223. The second-order valence-electron chi connectivity index (χ2n) is 4.48. The molecule has 1 aliphatic rings. The van der Waals surface area contributed by atoms with E-state index in [0.717, 1.165) is 17.7 Å². The molecule has 0 bridgehead atoms. The quantitative estimate of drug-likeness (QED) is 0.756. The first-order valence-corrected chi connectivity index (χ1v) is 5.44. The van der Waals surface area contributed by atoms with Crippen LogP contribution in [-0.2, 0) is 11.2 Å². The zero-order chi connectivity index (χ0) is 10.8. The van der Waals surface area contributed by atoms with Gasteiger partial charge >= 0.3 is 0 Å². The highest BCUT2D eigenvalue weighted by Crippen LogP contribution is 2.29. The molecule has 1 unspecified atom stereocenters. The third-order valence-corrected chi connectivity index (χ3v) is 2.62. The first-order valence-electron chi connectivity index (χ1n) is 5.44. The van der Waals surface area contributed by atoms with Gasteiger partial charge in [-0.3, -0.25) is 4.79 Å². The molecule has 1 atom stereocenters. The smallest absolute Gasteiger partial charge is 0.173 e. The van der Waals surface area contributed by atoms with Gasteiger partial charge < -0.3 is 4.74 Å². The van der Waals surface area contributed by atoms with Crippen molar-refractivity contribution in [1.29, 1.82) is 0 Å². The van der Waals surface area contributed by atoms with Crippen molar-refractivity contribution in [3.8, 4) is 5.75 Å². The molecule has 1 aromatic rings. The summed E-state index contributed by atoms with van der Waals surface area (Å²) in [6, 6.07) is 7.88. The van der Waals surface area contributed by atoms with Crippen molar-refractivity contribution in [2.24, 2.45) is 5.92 Å². The molecule has 0 fully saturated rings. The normalized spacial score (nSPS) is 18.7. The average molecular weight is 204 g/mol. The number of carbonyl (C=O) groups excluding carboxylic acids is 1. The van der Waals surface area contributed by atoms with Gasteiger partial charge in [-0.15, -0.1) is 0 Å². The summed E-state index contributed by atoms with van der Waals surface area (Å²) in [7, 11) is 0. The summed E-state index contributed by atoms with van der Waals surface area (Å²) < 4.78 is 5.62. The maximum absolute atomic E-state index is 11.8. The topological polar surface area (TPSA) is 26.3 Å². The Labute approximate surface area is 90.3 Å². The van der Waals surface area contributed by atoms with Crippen LogP contribution in [0.4, 0.5) is 0 Å². The summed E-state index contributed by atoms with van der Waals surface area (Å²) in [5, 5.41) is 0. The lowest BCUT2D eigenvalue weighted by Crippen LogP contribution is -2.26. The van der Waals surface area contributed by atoms with Crippen molar-refractivity contribution in [3.05, 3.63) is 29.8 Å². The molecule has 1 aliphatic heterocycles. The molecule has 0 aromatic heterocycles. The summed E-state index contributed by atoms with van der Waals surface area (Å²) in [4.78, 5) is 11.8. The van der Waals surface area contributed by atoms with Gasteiger partial charge in [-0.1, -0.05) is 32.0 Å². The Bertz CT molecular complexity index is 344. The largest absolute Gasteiger partial charge is 0.482 e. The van der Waals surface area contributed by atoms with Gasteiger partial charge in [0.15, 0.2) is 11.9 Å². The maximum Gasteiger partial charge on any atom is 0.173 e. The van der Waals surface area contributed by atoms with E-state index < -0.39 is 0 Å². The lowest BCUT2D eigenvalue weighted by molar-refractivity contribution is -0.125. The van der Waals surface area contributed by atoms with Crippen LogP contribution in [0.5, 0.6) is 5.75 Å². The molecular formula is C13H16O2. The minimum atomic E-state index is -0.246. The standard InChI is InChI=1S/C13H16O2/c1-9(2)7-11(14)13-8-10-5-3-4-6-12(10)15-13/h3-6,9,13H,7-8H2,1-2H3. The number of hydrogen-bond donors (Lipinski definition) is 0. The predicted octanol–water partition coefficient (Wildman–Crippen LogP) is 2.61. The number of fused-ring (bicyclic) bond motifs is 1. The van der Waals surface area contributed by atoms with E-state index in [9.17, 15) is 4.79 Å². The molecule has 0 amide bonds. The van der Waals surface area contributed by atoms with E-state index in [1.54, 1.807) is 0 Å². The van der Waals surface area contributed by atoms with E-state index in [1.807, 2.05) is 24.3 Å². The van der Waals surface area contributed by atoms with Gasteiger partial charge in [0.2, 0.25) is 0 Å². The van der Waals surface area contributed by atoms with Crippen LogP contribution in [0.1, 0.15) is 25.8 Å². The molecule has 0 aliphatic carbocycles. The predicted molar refractivity (Wildman–Crippen MR) is 59.0 cm³/mol. The van der Waals surface area contributed by atoms with Crippen LogP contribution < -0.4 is 4.74 Å². The lowest BCUT2D eigenvalue weighted by atomic mass is 10.0. The van der Waals surface area contributed by atoms with Crippen LogP contribution in [0.2, 0.25) is 0 Å². The number of Topliss-reactive ketones (excluding diaryl/α,β-unsaturated/α-hetero) is 1. The number of rotatable bonds is 3. The van der Waals surface area contributed by atoms with E-state index in [1.165, 1.54) is 0 Å². The zero-order valence-corrected chi connectivity index (χ0v) is 9.19. The summed E-state index contributed by atoms with van der Waals surface area (Å²) in [5.74, 6) is 1.51. The molecule has 0 spiro atoms. The third kappa shape index (κ3) is 2.20. The number of ether oxygens (including phenoxy) is 1. The molecular weight excluding hydrogens is 188 g/mol. The van der Waals surface area contributed by atoms with Crippen molar-refractivity contribution >= 4 is 5.78 Å². The van der Waals surface area contributed by atoms with Crippen LogP contribution in [0.3, 0.4) is 0 Å². The van der Waals surface area contributed by atoms with E-state index in [4.69, 9.17) is 4.74 Å². The van der Waals surface area contributed by atoms with Crippen LogP contribution in [-0.4, -0.2) is 11.9 Å². The van der Waals surface area contributed by atoms with E-state index >= 15 is 0 Å². The molecule has 0 radical (unpaired) electrons. The maximum atomic E-state index is 11.8. The van der Waals surface area contributed by atoms with E-state index in [2.05, 4.69) is 13.8 Å². The fourth-order valence-electron chi connectivity index (χ4n) is 1.90. The number of carbonyl (C=O) groups is 1. The molecule has 0 saturated heterocycles. The van der Waals surface area contributed by atoms with Crippen molar-refractivity contribution in [3.63, 3.8) is 0 Å². The average Bonchev–Trinajstić information content (AvgIpc) is 2.59. The fourth-order valence-corrected chi connectivity index (χ4v) is 1.90. The van der Waals surface area contributed by atoms with Gasteiger partial charge in [-0.05, 0) is 17.5 Å². The molecule has 2 nitrogen and oxygen atoms in total. The van der Waals surface area contributed by atoms with Crippen molar-refractivity contribution in [2.75, 3.05) is 0 Å². The Morgan fingerprint density at radius 3 is 2.87 bits per heavy atom. The second kappa shape index (κ2) is 4.05. The first-order chi connectivity index (χ1) is 7.16. The molecule has 15 heavy (non-hydrogen) atoms. The highest BCUT2D eigenvalue weighted by atomic mass is 16.5. The van der Waals surface area contributed by atoms with Crippen LogP contribution in [0.25, 0.3) is 0 Å². The second-order valence-corrected chi connectivity index (χ2v) is 4.48. The highest BCUT2D eigenvalue weighted by molar-refractivity contribution is 5.84. The molecule has 1 aromatic carbocycles. The van der Waals surface area contributed by atoms with Gasteiger partial charge in [0.25, 0.3) is 0 Å². The van der Waals surface area contributed by atoms with Crippen molar-refractivity contribution in [1.82, 2.24) is 0 Å². The number of benzene rings is 1. The van der Waals surface area contributed by atoms with Crippen molar-refractivity contribution in [2.45, 2.75) is 32.8 Å². The number of hydrogen-bond acceptors (Lipinski definition) is 2. The molecule has 0 N–H and O–H groups in total. The summed E-state index contributed by atoms with van der Waals surface area (Å²) in [6.07, 6.45) is 1.10. The van der Waals surface area contributed by atoms with Crippen LogP contribution in [0, 0.1) is 5.92 Å². The fraction of sp³-hybridized carbons (Fsp3) is 0.462. The Balaban J connectivity index is 2.04. The van der Waals surface area contributed by atoms with Crippen molar-refractivity contribution < 1.29 is 9.53 Å². The Hall–Kier alpha value is -1.31. The number of ketones is 1. The molecule has 0 saturated carbocycles. The molecule has 1 heterocycles. The Kier molecular flexibility index (Phi) is 2.76. The van der Waals surface area contributed by atoms with Gasteiger partial charge in [0.1, 0.15) is 5.75 Å². The molecule has 2 heteroatoms. The monoisotopic (exact) mass is 204 g/mol. The minimum Gasteiger partial charge on any atom is -0.482 e. The summed E-state index contributed by atoms with van der Waals surface area (Å²) in [5.41, 5.74) is 1.15. The summed E-state index contributed by atoms with van der Waals surface area (Å²) in [6.45, 7) is 4.11. The van der Waals surface area contributed by atoms with Gasteiger partial charge in [-0.2, -0.15) is 0 Å². The molecule has 80 valence electrons. The zero-order valence-electron chi connectivity index (χ0n) is 9.19. The summed E-state index contributed by atoms with van der Waals surface area (Å²) >= 11 is 0. The van der Waals surface area contributed by atoms with Gasteiger partial charge in [0.05, 0.1) is 0 Å². The number of para-hydroxylation sites is 1.